The van der Waals surface area contributed by atoms with Gasteiger partial charge in [0, 0.05) is 31.4 Å². The molecule has 0 saturated carbocycles. The third kappa shape index (κ3) is 2.75. The van der Waals surface area contributed by atoms with E-state index in [1.807, 2.05) is 11.9 Å². The number of alkyl halides is 1. The van der Waals surface area contributed by atoms with Gasteiger partial charge in [-0.25, -0.2) is 9.37 Å². The van der Waals surface area contributed by atoms with Crippen LogP contribution in [0.5, 0.6) is 0 Å². The van der Waals surface area contributed by atoms with E-state index in [-0.39, 0.29) is 11.7 Å². The van der Waals surface area contributed by atoms with Gasteiger partial charge in [0.2, 0.25) is 0 Å². The van der Waals surface area contributed by atoms with E-state index in [4.69, 9.17) is 11.6 Å². The predicted molar refractivity (Wildman–Crippen MR) is 72.7 cm³/mol. The van der Waals surface area contributed by atoms with Gasteiger partial charge in [-0.15, -0.1) is 11.6 Å². The summed E-state index contributed by atoms with van der Waals surface area (Å²) in [6.45, 7) is 2.06. The Balaban J connectivity index is 2.20. The molecular formula is C13H19ClFN3. The highest BCUT2D eigenvalue weighted by Crippen LogP contribution is 2.24. The van der Waals surface area contributed by atoms with Gasteiger partial charge in [0.25, 0.3) is 0 Å². The fraction of sp³-hybridized carbons (Fsp3) is 0.615. The highest BCUT2D eigenvalue weighted by molar-refractivity contribution is 6.17. The summed E-state index contributed by atoms with van der Waals surface area (Å²) in [7, 11) is 4.01. The molecule has 1 aromatic heterocycles. The Labute approximate surface area is 113 Å². The second-order valence-corrected chi connectivity index (χ2v) is 5.18. The maximum Gasteiger partial charge on any atom is 0.170 e. The minimum atomic E-state index is -0.289. The molecule has 2 heterocycles. The monoisotopic (exact) mass is 271 g/mol. The Kier molecular flexibility index (Phi) is 4.40. The van der Waals surface area contributed by atoms with Gasteiger partial charge in [0.05, 0.1) is 5.88 Å². The first-order chi connectivity index (χ1) is 8.63. The summed E-state index contributed by atoms with van der Waals surface area (Å²) in [5.74, 6) is 0.302. The van der Waals surface area contributed by atoms with Gasteiger partial charge >= 0.3 is 0 Å². The van der Waals surface area contributed by atoms with Crippen molar-refractivity contribution < 1.29 is 4.39 Å². The molecular weight excluding hydrogens is 253 g/mol. The molecule has 0 bridgehead atoms. The number of nitrogens with zero attached hydrogens (tertiary/aromatic N) is 3. The quantitative estimate of drug-likeness (QED) is 0.788. The van der Waals surface area contributed by atoms with Crippen molar-refractivity contribution in [3.05, 3.63) is 23.6 Å². The molecule has 0 amide bonds. The predicted octanol–water partition coefficient (Wildman–Crippen LogP) is 2.49. The van der Waals surface area contributed by atoms with Gasteiger partial charge in [0.1, 0.15) is 0 Å². The van der Waals surface area contributed by atoms with Gasteiger partial charge in [0.15, 0.2) is 11.6 Å². The normalized spacial score (nSPS) is 21.0. The van der Waals surface area contributed by atoms with Gasteiger partial charge in [-0.05, 0) is 32.5 Å². The van der Waals surface area contributed by atoms with Crippen LogP contribution in [0.15, 0.2) is 12.3 Å². The maximum atomic E-state index is 14.2. The van der Waals surface area contributed by atoms with E-state index < -0.39 is 0 Å². The average molecular weight is 272 g/mol. The minimum Gasteiger partial charge on any atom is -0.353 e. The first-order valence-electron chi connectivity index (χ1n) is 6.24. The summed E-state index contributed by atoms with van der Waals surface area (Å²) in [5, 5.41) is 0. The zero-order chi connectivity index (χ0) is 13.1. The molecule has 2 rings (SSSR count). The number of piperidine rings is 1. The first kappa shape index (κ1) is 13.6. The Morgan fingerprint density at radius 1 is 1.61 bits per heavy atom. The fourth-order valence-corrected chi connectivity index (χ4v) is 2.66. The molecule has 0 aromatic carbocycles. The average Bonchev–Trinajstić information content (AvgIpc) is 2.38. The summed E-state index contributed by atoms with van der Waals surface area (Å²) in [5.41, 5.74) is 0.512. The number of hydrogen-bond acceptors (Lipinski definition) is 3. The summed E-state index contributed by atoms with van der Waals surface area (Å²) < 4.78 is 14.2. The maximum absolute atomic E-state index is 14.2. The highest BCUT2D eigenvalue weighted by Gasteiger charge is 2.24. The number of halogens is 2. The van der Waals surface area contributed by atoms with Crippen LogP contribution in [-0.2, 0) is 5.88 Å². The lowest BCUT2D eigenvalue weighted by atomic mass is 10.0. The van der Waals surface area contributed by atoms with Crippen molar-refractivity contribution >= 4 is 17.4 Å². The molecule has 1 aliphatic heterocycles. The smallest absolute Gasteiger partial charge is 0.170 e. The molecule has 0 aliphatic carbocycles. The van der Waals surface area contributed by atoms with Crippen LogP contribution in [0.4, 0.5) is 10.2 Å². The van der Waals surface area contributed by atoms with Crippen molar-refractivity contribution in [3.63, 3.8) is 0 Å². The van der Waals surface area contributed by atoms with Crippen LogP contribution in [0.25, 0.3) is 0 Å². The molecule has 18 heavy (non-hydrogen) atoms. The lowest BCUT2D eigenvalue weighted by Crippen LogP contribution is -2.45. The van der Waals surface area contributed by atoms with Gasteiger partial charge < -0.3 is 9.80 Å². The summed E-state index contributed by atoms with van der Waals surface area (Å²) in [4.78, 5) is 8.38. The topological polar surface area (TPSA) is 19.4 Å². The first-order valence-corrected chi connectivity index (χ1v) is 6.77. The summed E-state index contributed by atoms with van der Waals surface area (Å²) >= 11 is 5.72. The van der Waals surface area contributed by atoms with E-state index in [1.165, 1.54) is 0 Å². The van der Waals surface area contributed by atoms with Gasteiger partial charge in [-0.3, -0.25) is 0 Å². The molecule has 0 spiro atoms. The van der Waals surface area contributed by atoms with E-state index in [1.54, 1.807) is 12.3 Å². The van der Waals surface area contributed by atoms with Crippen LogP contribution < -0.4 is 4.90 Å². The minimum absolute atomic E-state index is 0.180. The SMILES string of the molecule is CN1CCCC(N(C)c2nccc(CCl)c2F)C1. The van der Waals surface area contributed by atoms with Crippen molar-refractivity contribution in [2.45, 2.75) is 24.8 Å². The molecule has 1 aliphatic rings. The van der Waals surface area contributed by atoms with E-state index >= 15 is 0 Å². The number of hydrogen-bond donors (Lipinski definition) is 0. The standard InChI is InChI=1S/C13H19ClFN3/c1-17-7-3-4-11(9-17)18(2)13-12(15)10(8-14)5-6-16-13/h5-6,11H,3-4,7-9H2,1-2H3. The van der Waals surface area contributed by atoms with Crippen LogP contribution in [0, 0.1) is 5.82 Å². The zero-order valence-corrected chi connectivity index (χ0v) is 11.6. The van der Waals surface area contributed by atoms with Crippen LogP contribution in [0.1, 0.15) is 18.4 Å². The molecule has 1 saturated heterocycles. The molecule has 5 heteroatoms. The van der Waals surface area contributed by atoms with Crippen LogP contribution in [0.3, 0.4) is 0 Å². The van der Waals surface area contributed by atoms with Crippen molar-refractivity contribution in [1.29, 1.82) is 0 Å². The van der Waals surface area contributed by atoms with Gasteiger partial charge in [-0.2, -0.15) is 0 Å². The largest absolute Gasteiger partial charge is 0.353 e. The molecule has 0 radical (unpaired) electrons. The fourth-order valence-electron chi connectivity index (χ4n) is 2.45. The molecule has 1 fully saturated rings. The van der Waals surface area contributed by atoms with Crippen LogP contribution >= 0.6 is 11.6 Å². The number of anilines is 1. The Hall–Kier alpha value is -0.870. The number of likely N-dealkylation sites (tertiary alicyclic amines) is 1. The number of pyridine rings is 1. The van der Waals surface area contributed by atoms with E-state index in [0.717, 1.165) is 25.9 Å². The second-order valence-electron chi connectivity index (χ2n) is 4.91. The molecule has 1 aromatic rings. The van der Waals surface area contributed by atoms with E-state index in [0.29, 0.717) is 17.4 Å². The zero-order valence-electron chi connectivity index (χ0n) is 10.9. The third-order valence-corrected chi connectivity index (χ3v) is 3.86. The second kappa shape index (κ2) is 5.85. The lowest BCUT2D eigenvalue weighted by molar-refractivity contribution is 0.247. The number of rotatable bonds is 3. The van der Waals surface area contributed by atoms with Crippen molar-refractivity contribution in [2.75, 3.05) is 32.1 Å². The number of likely N-dealkylation sites (N-methyl/N-ethyl adjacent to an activating group) is 2. The molecule has 3 nitrogen and oxygen atoms in total. The Morgan fingerprint density at radius 2 is 2.39 bits per heavy atom. The van der Waals surface area contributed by atoms with Crippen molar-refractivity contribution in [2.24, 2.45) is 0 Å². The molecule has 0 N–H and O–H groups in total. The third-order valence-electron chi connectivity index (χ3n) is 3.58. The highest BCUT2D eigenvalue weighted by atomic mass is 35.5. The van der Waals surface area contributed by atoms with E-state index in [2.05, 4.69) is 16.9 Å². The lowest BCUT2D eigenvalue weighted by Gasteiger charge is -2.36. The van der Waals surface area contributed by atoms with E-state index in [9.17, 15) is 4.39 Å². The molecule has 1 unspecified atom stereocenters. The molecule has 1 atom stereocenters. The summed E-state index contributed by atoms with van der Waals surface area (Å²) in [6.07, 6.45) is 3.84. The van der Waals surface area contributed by atoms with Crippen LogP contribution in [0.2, 0.25) is 0 Å². The van der Waals surface area contributed by atoms with Gasteiger partial charge in [-0.1, -0.05) is 0 Å². The summed E-state index contributed by atoms with van der Waals surface area (Å²) in [6, 6.07) is 1.95. The molecule has 100 valence electrons. The van der Waals surface area contributed by atoms with Crippen molar-refractivity contribution in [1.82, 2.24) is 9.88 Å². The number of aromatic nitrogens is 1. The Bertz CT molecular complexity index is 413. The van der Waals surface area contributed by atoms with Crippen molar-refractivity contribution in [3.8, 4) is 0 Å². The Morgan fingerprint density at radius 3 is 3.06 bits per heavy atom. The van der Waals surface area contributed by atoms with Crippen LogP contribution in [-0.4, -0.2) is 43.1 Å².